The van der Waals surface area contributed by atoms with Crippen molar-refractivity contribution >= 4 is 5.97 Å². The van der Waals surface area contributed by atoms with E-state index in [-0.39, 0.29) is 12.2 Å². The Bertz CT molecular complexity index is 486. The van der Waals surface area contributed by atoms with Crippen molar-refractivity contribution < 1.29 is 14.3 Å². The fourth-order valence-electron chi connectivity index (χ4n) is 1.48. The van der Waals surface area contributed by atoms with E-state index in [1.54, 1.807) is 0 Å². The molecule has 0 saturated heterocycles. The first-order valence-corrected chi connectivity index (χ1v) is 5.62. The van der Waals surface area contributed by atoms with E-state index in [0.717, 1.165) is 12.3 Å². The van der Waals surface area contributed by atoms with Crippen molar-refractivity contribution in [3.05, 3.63) is 40.3 Å². The summed E-state index contributed by atoms with van der Waals surface area (Å²) < 4.78 is 12.8. The lowest BCUT2D eigenvalue weighted by Gasteiger charge is -2.25. The molecule has 0 amide bonds. The molecule has 19 heavy (non-hydrogen) atoms. The third-order valence-corrected chi connectivity index (χ3v) is 2.64. The number of carboxylic acids is 1. The molecule has 0 saturated carbocycles. The molecule has 7 nitrogen and oxygen atoms in total. The van der Waals surface area contributed by atoms with Crippen molar-refractivity contribution in [1.82, 2.24) is 10.3 Å². The van der Waals surface area contributed by atoms with Crippen molar-refractivity contribution in [3.63, 3.8) is 0 Å². The molecule has 8 heteroatoms. The van der Waals surface area contributed by atoms with Crippen molar-refractivity contribution in [3.8, 4) is 0 Å². The lowest BCUT2D eigenvalue weighted by atomic mass is 9.97. The molecule has 0 spiro atoms. The van der Waals surface area contributed by atoms with Crippen molar-refractivity contribution in [2.24, 2.45) is 5.11 Å². The number of nitrogens with zero attached hydrogens (tertiary/aromatic N) is 4. The summed E-state index contributed by atoms with van der Waals surface area (Å²) in [7, 11) is 0. The Balaban J connectivity index is 2.76. The van der Waals surface area contributed by atoms with E-state index in [0.29, 0.717) is 13.0 Å². The van der Waals surface area contributed by atoms with Gasteiger partial charge < -0.3 is 5.11 Å². The molecule has 1 aromatic rings. The van der Waals surface area contributed by atoms with Gasteiger partial charge in [0.05, 0.1) is 11.9 Å². The zero-order chi connectivity index (χ0) is 14.3. The summed E-state index contributed by atoms with van der Waals surface area (Å²) in [5.41, 5.74) is 6.92. The van der Waals surface area contributed by atoms with Crippen LogP contribution in [0.4, 0.5) is 4.39 Å². The number of halogens is 1. The monoisotopic (exact) mass is 267 g/mol. The standard InChI is InChI=1S/C11H14FN5O2/c1-11(10(18)19,15-5-2-6-16-17-13)9-4-3-8(12)7-14-9/h3-4,7,15H,2,5-6H2,1H3,(H,18,19). The molecule has 0 aromatic carbocycles. The first kappa shape index (κ1) is 14.9. The molecule has 0 fully saturated rings. The number of hydrogen-bond acceptors (Lipinski definition) is 4. The van der Waals surface area contributed by atoms with E-state index in [1.807, 2.05) is 0 Å². The topological polar surface area (TPSA) is 111 Å². The zero-order valence-corrected chi connectivity index (χ0v) is 10.4. The van der Waals surface area contributed by atoms with Crippen LogP contribution in [0.3, 0.4) is 0 Å². The number of rotatable bonds is 7. The van der Waals surface area contributed by atoms with Crippen LogP contribution < -0.4 is 5.32 Å². The predicted octanol–water partition coefficient (Wildman–Crippen LogP) is 1.81. The minimum absolute atomic E-state index is 0.213. The fourth-order valence-corrected chi connectivity index (χ4v) is 1.48. The maximum absolute atomic E-state index is 12.8. The van der Waals surface area contributed by atoms with E-state index in [4.69, 9.17) is 5.53 Å². The SMILES string of the molecule is CC(NCCCN=[N+]=[N-])(C(=O)O)c1ccc(F)cn1. The number of nitrogens with one attached hydrogen (secondary N) is 1. The van der Waals surface area contributed by atoms with E-state index < -0.39 is 17.3 Å². The third kappa shape index (κ3) is 3.90. The average molecular weight is 267 g/mol. The van der Waals surface area contributed by atoms with Crippen molar-refractivity contribution in [1.29, 1.82) is 0 Å². The summed E-state index contributed by atoms with van der Waals surface area (Å²) >= 11 is 0. The van der Waals surface area contributed by atoms with Crippen LogP contribution in [0.2, 0.25) is 0 Å². The van der Waals surface area contributed by atoms with Gasteiger partial charge in [-0.25, -0.2) is 9.18 Å². The normalized spacial score (nSPS) is 13.4. The molecule has 0 bridgehead atoms. The summed E-state index contributed by atoms with van der Waals surface area (Å²) in [6.45, 7) is 2.06. The van der Waals surface area contributed by atoms with Crippen molar-refractivity contribution in [2.45, 2.75) is 18.9 Å². The van der Waals surface area contributed by atoms with Gasteiger partial charge in [0.2, 0.25) is 0 Å². The van der Waals surface area contributed by atoms with Crippen LogP contribution in [0.15, 0.2) is 23.4 Å². The Morgan fingerprint density at radius 3 is 2.95 bits per heavy atom. The number of pyridine rings is 1. The second-order valence-corrected chi connectivity index (χ2v) is 4.03. The number of carbonyl (C=O) groups is 1. The minimum Gasteiger partial charge on any atom is -0.480 e. The summed E-state index contributed by atoms with van der Waals surface area (Å²) in [5, 5.41) is 15.5. The Labute approximate surface area is 109 Å². The summed E-state index contributed by atoms with van der Waals surface area (Å²) in [4.78, 5) is 17.7. The molecule has 0 aliphatic rings. The van der Waals surface area contributed by atoms with Gasteiger partial charge in [0.1, 0.15) is 5.82 Å². The Morgan fingerprint density at radius 2 is 2.42 bits per heavy atom. The molecule has 2 N–H and O–H groups in total. The molecule has 0 aliphatic heterocycles. The Morgan fingerprint density at radius 1 is 1.68 bits per heavy atom. The van der Waals surface area contributed by atoms with Gasteiger partial charge >= 0.3 is 5.97 Å². The van der Waals surface area contributed by atoms with Crippen LogP contribution in [0, 0.1) is 5.82 Å². The lowest BCUT2D eigenvalue weighted by Crippen LogP contribution is -2.47. The number of aliphatic carboxylic acids is 1. The molecule has 1 rings (SSSR count). The maximum atomic E-state index is 12.8. The molecular formula is C11H14FN5O2. The summed E-state index contributed by atoms with van der Waals surface area (Å²) in [6, 6.07) is 2.48. The Hall–Kier alpha value is -2.18. The van der Waals surface area contributed by atoms with Crippen LogP contribution in [0.1, 0.15) is 19.0 Å². The van der Waals surface area contributed by atoms with E-state index in [2.05, 4.69) is 20.3 Å². The molecule has 0 aliphatic carbocycles. The van der Waals surface area contributed by atoms with Crippen LogP contribution in [0.5, 0.6) is 0 Å². The quantitative estimate of drug-likeness (QED) is 0.339. The summed E-state index contributed by atoms with van der Waals surface area (Å²) in [6.07, 6.45) is 1.46. The van der Waals surface area contributed by atoms with Gasteiger partial charge in [-0.05, 0) is 37.6 Å². The predicted molar refractivity (Wildman–Crippen MR) is 65.8 cm³/mol. The lowest BCUT2D eigenvalue weighted by molar-refractivity contribution is -0.144. The van der Waals surface area contributed by atoms with Gasteiger partial charge in [-0.15, -0.1) is 0 Å². The zero-order valence-electron chi connectivity index (χ0n) is 10.4. The first-order valence-electron chi connectivity index (χ1n) is 5.62. The maximum Gasteiger partial charge on any atom is 0.329 e. The van der Waals surface area contributed by atoms with Crippen LogP contribution >= 0.6 is 0 Å². The Kier molecular flexibility index (Phi) is 5.23. The van der Waals surface area contributed by atoms with Gasteiger partial charge in [-0.1, -0.05) is 5.11 Å². The van der Waals surface area contributed by atoms with Gasteiger partial charge in [-0.3, -0.25) is 10.3 Å². The van der Waals surface area contributed by atoms with Gasteiger partial charge in [-0.2, -0.15) is 0 Å². The molecule has 1 unspecified atom stereocenters. The highest BCUT2D eigenvalue weighted by Gasteiger charge is 2.35. The number of azide groups is 1. The highest BCUT2D eigenvalue weighted by atomic mass is 19.1. The molecule has 1 atom stereocenters. The molecule has 0 radical (unpaired) electrons. The molecule has 1 aromatic heterocycles. The van der Waals surface area contributed by atoms with Gasteiger partial charge in [0.15, 0.2) is 5.54 Å². The fraction of sp³-hybridized carbons (Fsp3) is 0.455. The second-order valence-electron chi connectivity index (χ2n) is 4.03. The van der Waals surface area contributed by atoms with E-state index >= 15 is 0 Å². The third-order valence-electron chi connectivity index (χ3n) is 2.64. The highest BCUT2D eigenvalue weighted by Crippen LogP contribution is 2.19. The molecule has 1 heterocycles. The van der Waals surface area contributed by atoms with E-state index in [1.165, 1.54) is 13.0 Å². The number of hydrogen-bond donors (Lipinski definition) is 2. The molecule has 102 valence electrons. The van der Waals surface area contributed by atoms with Crippen LogP contribution in [0.25, 0.3) is 10.4 Å². The number of carboxylic acid groups (broad SMARTS) is 1. The highest BCUT2D eigenvalue weighted by molar-refractivity contribution is 5.79. The second kappa shape index (κ2) is 6.67. The average Bonchev–Trinajstić information content (AvgIpc) is 2.38. The first-order chi connectivity index (χ1) is 9.00. The van der Waals surface area contributed by atoms with Crippen LogP contribution in [-0.2, 0) is 10.3 Å². The van der Waals surface area contributed by atoms with Crippen LogP contribution in [-0.4, -0.2) is 29.1 Å². The van der Waals surface area contributed by atoms with Gasteiger partial charge in [0, 0.05) is 11.5 Å². The van der Waals surface area contributed by atoms with E-state index in [9.17, 15) is 14.3 Å². The van der Waals surface area contributed by atoms with Crippen molar-refractivity contribution in [2.75, 3.05) is 13.1 Å². The molecular weight excluding hydrogens is 253 g/mol. The summed E-state index contributed by atoms with van der Waals surface area (Å²) in [5.74, 6) is -1.64. The number of aromatic nitrogens is 1. The smallest absolute Gasteiger partial charge is 0.329 e. The minimum atomic E-state index is -1.41. The largest absolute Gasteiger partial charge is 0.480 e. The van der Waals surface area contributed by atoms with Gasteiger partial charge in [0.25, 0.3) is 0 Å².